The van der Waals surface area contributed by atoms with E-state index in [-0.39, 0.29) is 0 Å². The average molecular weight is 360 g/mol. The van der Waals surface area contributed by atoms with Gasteiger partial charge in [0.1, 0.15) is 11.7 Å². The van der Waals surface area contributed by atoms with Crippen molar-refractivity contribution in [1.29, 1.82) is 0 Å². The van der Waals surface area contributed by atoms with Crippen LogP contribution in [0.15, 0.2) is 53.3 Å². The molecule has 1 fully saturated rings. The SMILES string of the molecule is Cc1nc2ccc(C3=CCN4C=C(N5CCN(C)CC5)C=CC4=N3)cc2[nH]1. The van der Waals surface area contributed by atoms with Gasteiger partial charge in [0.2, 0.25) is 0 Å². The highest BCUT2D eigenvalue weighted by atomic mass is 15.3. The third kappa shape index (κ3) is 3.06. The number of imidazole rings is 1. The van der Waals surface area contributed by atoms with Crippen LogP contribution < -0.4 is 0 Å². The van der Waals surface area contributed by atoms with Crippen molar-refractivity contribution in [2.45, 2.75) is 6.92 Å². The third-order valence-corrected chi connectivity index (χ3v) is 5.47. The summed E-state index contributed by atoms with van der Waals surface area (Å²) in [6, 6.07) is 6.30. The lowest BCUT2D eigenvalue weighted by Crippen LogP contribution is -2.44. The summed E-state index contributed by atoms with van der Waals surface area (Å²) in [5.41, 5.74) is 5.49. The molecule has 27 heavy (non-hydrogen) atoms. The number of aromatic amines is 1. The maximum absolute atomic E-state index is 4.89. The van der Waals surface area contributed by atoms with Gasteiger partial charge in [-0.1, -0.05) is 6.07 Å². The van der Waals surface area contributed by atoms with E-state index in [0.717, 1.165) is 66.7 Å². The fourth-order valence-corrected chi connectivity index (χ4v) is 3.86. The van der Waals surface area contributed by atoms with Crippen molar-refractivity contribution in [2.75, 3.05) is 39.8 Å². The van der Waals surface area contributed by atoms with Gasteiger partial charge in [-0.05, 0) is 44.3 Å². The average Bonchev–Trinajstić information content (AvgIpc) is 3.07. The fraction of sp³-hybridized carbons (Fsp3) is 0.333. The van der Waals surface area contributed by atoms with Crippen molar-refractivity contribution in [2.24, 2.45) is 4.99 Å². The summed E-state index contributed by atoms with van der Waals surface area (Å²) in [5.74, 6) is 1.94. The molecule has 1 N–H and O–H groups in total. The molecule has 0 spiro atoms. The first kappa shape index (κ1) is 16.3. The van der Waals surface area contributed by atoms with Crippen LogP contribution in [0.3, 0.4) is 0 Å². The van der Waals surface area contributed by atoms with Gasteiger partial charge < -0.3 is 19.7 Å². The number of H-pyrrole nitrogens is 1. The lowest BCUT2D eigenvalue weighted by molar-refractivity contribution is 0.188. The van der Waals surface area contributed by atoms with Gasteiger partial charge in [0, 0.05) is 44.5 Å². The molecule has 2 aromatic rings. The number of nitrogens with one attached hydrogen (secondary N) is 1. The fourth-order valence-electron chi connectivity index (χ4n) is 3.86. The van der Waals surface area contributed by atoms with E-state index in [0.29, 0.717) is 0 Å². The minimum atomic E-state index is 0.843. The first-order chi connectivity index (χ1) is 13.2. The highest BCUT2D eigenvalue weighted by Crippen LogP contribution is 2.26. The van der Waals surface area contributed by atoms with Crippen molar-refractivity contribution in [3.63, 3.8) is 0 Å². The molecule has 0 bridgehead atoms. The molecule has 6 nitrogen and oxygen atoms in total. The van der Waals surface area contributed by atoms with Crippen LogP contribution >= 0.6 is 0 Å². The zero-order chi connectivity index (χ0) is 18.4. The molecule has 1 aromatic heterocycles. The molecule has 1 saturated heterocycles. The Morgan fingerprint density at radius 2 is 1.93 bits per heavy atom. The van der Waals surface area contributed by atoms with Gasteiger partial charge in [0.25, 0.3) is 0 Å². The number of amidine groups is 1. The second-order valence-corrected chi connectivity index (χ2v) is 7.44. The molecule has 0 amide bonds. The van der Waals surface area contributed by atoms with Gasteiger partial charge in [0.15, 0.2) is 0 Å². The predicted octanol–water partition coefficient (Wildman–Crippen LogP) is 2.58. The van der Waals surface area contributed by atoms with Crippen LogP contribution in [0.5, 0.6) is 0 Å². The van der Waals surface area contributed by atoms with Gasteiger partial charge in [-0.25, -0.2) is 9.98 Å². The van der Waals surface area contributed by atoms with E-state index in [1.807, 2.05) is 6.92 Å². The number of hydrogen-bond donors (Lipinski definition) is 1. The summed E-state index contributed by atoms with van der Waals surface area (Å²) in [6.45, 7) is 7.22. The van der Waals surface area contributed by atoms with Gasteiger partial charge in [-0.3, -0.25) is 0 Å². The van der Waals surface area contributed by atoms with Gasteiger partial charge in [-0.15, -0.1) is 0 Å². The normalized spacial score (nSPS) is 20.4. The smallest absolute Gasteiger partial charge is 0.133 e. The van der Waals surface area contributed by atoms with Crippen LogP contribution in [0.25, 0.3) is 16.7 Å². The zero-order valence-corrected chi connectivity index (χ0v) is 15.8. The number of aromatic nitrogens is 2. The predicted molar refractivity (Wildman–Crippen MR) is 109 cm³/mol. The molecule has 0 unspecified atom stereocenters. The lowest BCUT2D eigenvalue weighted by Gasteiger charge is -2.37. The summed E-state index contributed by atoms with van der Waals surface area (Å²) in [5, 5.41) is 0. The maximum Gasteiger partial charge on any atom is 0.133 e. The van der Waals surface area contributed by atoms with Crippen molar-refractivity contribution < 1.29 is 0 Å². The number of hydrogen-bond acceptors (Lipinski definition) is 5. The van der Waals surface area contributed by atoms with Crippen molar-refractivity contribution >= 4 is 22.6 Å². The van der Waals surface area contributed by atoms with Crippen molar-refractivity contribution in [1.82, 2.24) is 24.7 Å². The number of nitrogens with zero attached hydrogens (tertiary/aromatic N) is 5. The highest BCUT2D eigenvalue weighted by Gasteiger charge is 2.21. The van der Waals surface area contributed by atoms with Crippen LogP contribution in [-0.2, 0) is 0 Å². The zero-order valence-electron chi connectivity index (χ0n) is 15.8. The van der Waals surface area contributed by atoms with Crippen LogP contribution in [0.2, 0.25) is 0 Å². The van der Waals surface area contributed by atoms with Gasteiger partial charge in [-0.2, -0.15) is 0 Å². The third-order valence-electron chi connectivity index (χ3n) is 5.47. The van der Waals surface area contributed by atoms with E-state index in [1.54, 1.807) is 0 Å². The topological polar surface area (TPSA) is 50.8 Å². The quantitative estimate of drug-likeness (QED) is 0.894. The molecule has 0 radical (unpaired) electrons. The van der Waals surface area contributed by atoms with Crippen LogP contribution in [0, 0.1) is 6.92 Å². The summed E-state index contributed by atoms with van der Waals surface area (Å²) in [7, 11) is 2.19. The molecule has 0 aliphatic carbocycles. The number of fused-ring (bicyclic) bond motifs is 2. The van der Waals surface area contributed by atoms with Gasteiger partial charge >= 0.3 is 0 Å². The van der Waals surface area contributed by atoms with E-state index in [2.05, 4.69) is 74.3 Å². The Kier molecular flexibility index (Phi) is 3.86. The summed E-state index contributed by atoms with van der Waals surface area (Å²) in [4.78, 5) is 19.7. The van der Waals surface area contributed by atoms with Crippen molar-refractivity contribution in [3.8, 4) is 0 Å². The van der Waals surface area contributed by atoms with E-state index < -0.39 is 0 Å². The molecule has 6 heteroatoms. The molecule has 1 aromatic carbocycles. The maximum atomic E-state index is 4.89. The molecule has 0 saturated carbocycles. The second-order valence-electron chi connectivity index (χ2n) is 7.44. The first-order valence-corrected chi connectivity index (χ1v) is 9.51. The Hall–Kier alpha value is -2.86. The van der Waals surface area contributed by atoms with E-state index in [9.17, 15) is 0 Å². The molecule has 3 aliphatic heterocycles. The molecule has 5 rings (SSSR count). The van der Waals surface area contributed by atoms with E-state index in [4.69, 9.17) is 4.99 Å². The van der Waals surface area contributed by atoms with Crippen LogP contribution in [0.4, 0.5) is 0 Å². The summed E-state index contributed by atoms with van der Waals surface area (Å²) in [6.07, 6.45) is 8.77. The number of aliphatic imine (C=N–C) groups is 1. The first-order valence-electron chi connectivity index (χ1n) is 9.51. The van der Waals surface area contributed by atoms with E-state index in [1.165, 1.54) is 5.70 Å². The standard InChI is InChI=1S/C21H24N6/c1-15-22-19-5-3-16(13-20(19)23-15)18-7-8-27-14-17(4-6-21(27)24-18)26-11-9-25(2)10-12-26/h3-7,13-14H,8-12H2,1-2H3,(H,22,23). The van der Waals surface area contributed by atoms with Crippen LogP contribution in [-0.4, -0.2) is 70.3 Å². The Morgan fingerprint density at radius 1 is 1.07 bits per heavy atom. The summed E-state index contributed by atoms with van der Waals surface area (Å²) < 4.78 is 0. The van der Waals surface area contributed by atoms with E-state index >= 15 is 0 Å². The number of rotatable bonds is 2. The Bertz CT molecular complexity index is 1000. The second kappa shape index (κ2) is 6.39. The highest BCUT2D eigenvalue weighted by molar-refractivity contribution is 6.00. The monoisotopic (exact) mass is 360 g/mol. The molecule has 138 valence electrons. The molecular formula is C21H24N6. The molecular weight excluding hydrogens is 336 g/mol. The number of benzene rings is 1. The molecule has 4 heterocycles. The number of allylic oxidation sites excluding steroid dienone is 1. The number of likely N-dealkylation sites (N-methyl/N-ethyl adjacent to an activating group) is 1. The molecule has 3 aliphatic rings. The Morgan fingerprint density at radius 3 is 2.78 bits per heavy atom. The Balaban J connectivity index is 1.37. The minimum absolute atomic E-state index is 0.843. The lowest BCUT2D eigenvalue weighted by atomic mass is 10.1. The summed E-state index contributed by atoms with van der Waals surface area (Å²) >= 11 is 0. The van der Waals surface area contributed by atoms with Gasteiger partial charge in [0.05, 0.1) is 22.4 Å². The minimum Gasteiger partial charge on any atom is -0.368 e. The molecule has 0 atom stereocenters. The number of piperazine rings is 1. The largest absolute Gasteiger partial charge is 0.368 e. The van der Waals surface area contributed by atoms with Crippen molar-refractivity contribution in [3.05, 3.63) is 59.7 Å². The van der Waals surface area contributed by atoms with Crippen LogP contribution in [0.1, 0.15) is 11.4 Å². The Labute approximate surface area is 159 Å². The number of aryl methyl sites for hydroxylation is 1.